The molecule has 40 heavy (non-hydrogen) atoms. The second-order valence-electron chi connectivity index (χ2n) is 10.6. The van der Waals surface area contributed by atoms with Crippen molar-refractivity contribution < 1.29 is 27.9 Å². The Morgan fingerprint density at radius 2 is 1.88 bits per heavy atom. The number of anilines is 1. The molecule has 13 heteroatoms. The molecule has 3 aromatic rings. The maximum absolute atomic E-state index is 14.3. The second kappa shape index (κ2) is 12.0. The number of nitriles is 1. The molecule has 0 saturated heterocycles. The lowest BCUT2D eigenvalue weighted by atomic mass is 9.83. The van der Waals surface area contributed by atoms with Crippen LogP contribution in [0.1, 0.15) is 61.9 Å². The van der Waals surface area contributed by atoms with Gasteiger partial charge in [-0.15, -0.1) is 0 Å². The van der Waals surface area contributed by atoms with Gasteiger partial charge >= 0.3 is 0 Å². The van der Waals surface area contributed by atoms with E-state index >= 15 is 0 Å². The van der Waals surface area contributed by atoms with Gasteiger partial charge in [0.25, 0.3) is 12.3 Å². The Kier molecular flexibility index (Phi) is 8.68. The zero-order valence-electron chi connectivity index (χ0n) is 22.1. The number of nitrogens with zero attached hydrogens (tertiary/aromatic N) is 5. The van der Waals surface area contributed by atoms with Crippen molar-refractivity contribution in [2.45, 2.75) is 70.2 Å². The van der Waals surface area contributed by atoms with Gasteiger partial charge in [-0.05, 0) is 51.5 Å². The van der Waals surface area contributed by atoms with Gasteiger partial charge in [-0.25, -0.2) is 23.1 Å². The standard InChI is InChI=1S/C27H30F3N7O3/c1-27(2,40)22(28)14-34-26(39)19-13-32-23(37-25-17(12-35-37)7-16(10-31)11-33-25)9-20(19)36-18-5-3-15(4-6-18)8-21(38)24(29)30/h7,9,11-13,15,18,22,24,40H,3-6,8,14H2,1-2H3,(H,32,36)(H,34,39)/t15?,18?,22-/m1/s1. The molecular weight excluding hydrogens is 527 g/mol. The Morgan fingerprint density at radius 1 is 1.15 bits per heavy atom. The van der Waals surface area contributed by atoms with E-state index in [0.717, 1.165) is 0 Å². The lowest BCUT2D eigenvalue weighted by Gasteiger charge is -2.30. The molecule has 0 aromatic carbocycles. The molecule has 1 saturated carbocycles. The third kappa shape index (κ3) is 6.74. The fraction of sp³-hybridized carbons (Fsp3) is 0.481. The quantitative estimate of drug-likeness (QED) is 0.342. The highest BCUT2D eigenvalue weighted by Gasteiger charge is 2.29. The number of carbonyl (C=O) groups is 2. The fourth-order valence-electron chi connectivity index (χ4n) is 4.64. The number of amides is 1. The molecule has 0 bridgehead atoms. The van der Waals surface area contributed by atoms with Crippen molar-refractivity contribution in [2.24, 2.45) is 5.92 Å². The predicted octanol–water partition coefficient (Wildman–Crippen LogP) is 3.72. The van der Waals surface area contributed by atoms with Gasteiger partial charge in [-0.2, -0.15) is 15.0 Å². The summed E-state index contributed by atoms with van der Waals surface area (Å²) in [5.74, 6) is -1.44. The molecule has 0 unspecified atom stereocenters. The molecule has 4 rings (SSSR count). The molecule has 3 heterocycles. The zero-order chi connectivity index (χ0) is 29.0. The van der Waals surface area contributed by atoms with Crippen LogP contribution < -0.4 is 10.6 Å². The number of alkyl halides is 3. The molecule has 3 aromatic heterocycles. The number of ketones is 1. The number of Topliss-reactive ketones (excluding diaryl/α,β-unsaturated/α-hetero) is 1. The number of nitrogens with one attached hydrogen (secondary N) is 2. The van der Waals surface area contributed by atoms with Crippen molar-refractivity contribution in [3.05, 3.63) is 41.9 Å². The number of aromatic nitrogens is 4. The fourth-order valence-corrected chi connectivity index (χ4v) is 4.64. The monoisotopic (exact) mass is 557 g/mol. The molecule has 1 atom stereocenters. The number of hydrogen-bond donors (Lipinski definition) is 3. The number of halogens is 3. The number of rotatable bonds is 10. The van der Waals surface area contributed by atoms with Crippen molar-refractivity contribution in [2.75, 3.05) is 11.9 Å². The minimum Gasteiger partial charge on any atom is -0.387 e. The highest BCUT2D eigenvalue weighted by atomic mass is 19.3. The van der Waals surface area contributed by atoms with Crippen LogP contribution in [0.5, 0.6) is 0 Å². The molecule has 1 amide bonds. The SMILES string of the molecule is CC(C)(O)[C@H](F)CNC(=O)c1cnc(-n2ncc3cc(C#N)cnc32)cc1NC1CCC(CC(=O)C(F)F)CC1. The van der Waals surface area contributed by atoms with Crippen molar-refractivity contribution in [3.63, 3.8) is 0 Å². The Bertz CT molecular complexity index is 1420. The number of aliphatic hydroxyl groups is 1. The minimum absolute atomic E-state index is 0.115. The summed E-state index contributed by atoms with van der Waals surface area (Å²) in [6.07, 6.45) is 1.78. The van der Waals surface area contributed by atoms with Crippen LogP contribution in [0, 0.1) is 17.2 Å². The van der Waals surface area contributed by atoms with E-state index in [1.807, 2.05) is 6.07 Å². The lowest BCUT2D eigenvalue weighted by Crippen LogP contribution is -2.42. The summed E-state index contributed by atoms with van der Waals surface area (Å²) in [7, 11) is 0. The Labute approximate surface area is 228 Å². The van der Waals surface area contributed by atoms with Gasteiger partial charge in [-0.3, -0.25) is 9.59 Å². The smallest absolute Gasteiger partial charge is 0.295 e. The molecule has 0 spiro atoms. The maximum Gasteiger partial charge on any atom is 0.295 e. The van der Waals surface area contributed by atoms with E-state index in [-0.39, 0.29) is 23.9 Å². The molecule has 10 nitrogen and oxygen atoms in total. The second-order valence-corrected chi connectivity index (χ2v) is 10.6. The first-order valence-corrected chi connectivity index (χ1v) is 12.9. The first-order valence-electron chi connectivity index (χ1n) is 12.9. The molecule has 1 aliphatic carbocycles. The van der Waals surface area contributed by atoms with Crippen molar-refractivity contribution in [1.82, 2.24) is 25.1 Å². The van der Waals surface area contributed by atoms with Crippen LogP contribution in [0.2, 0.25) is 0 Å². The molecule has 3 N–H and O–H groups in total. The average molecular weight is 558 g/mol. The number of carbonyl (C=O) groups excluding carboxylic acids is 2. The van der Waals surface area contributed by atoms with Gasteiger partial charge in [0.15, 0.2) is 17.2 Å². The third-order valence-electron chi connectivity index (χ3n) is 7.04. The van der Waals surface area contributed by atoms with Gasteiger partial charge in [0.1, 0.15) is 12.2 Å². The van der Waals surface area contributed by atoms with Crippen LogP contribution in [-0.2, 0) is 4.79 Å². The van der Waals surface area contributed by atoms with E-state index in [0.29, 0.717) is 53.8 Å². The van der Waals surface area contributed by atoms with E-state index in [1.54, 1.807) is 18.3 Å². The van der Waals surface area contributed by atoms with E-state index in [2.05, 4.69) is 25.7 Å². The van der Waals surface area contributed by atoms with Gasteiger partial charge in [0, 0.05) is 36.3 Å². The molecule has 0 aliphatic heterocycles. The van der Waals surface area contributed by atoms with Gasteiger partial charge in [0.05, 0.1) is 35.2 Å². The highest BCUT2D eigenvalue weighted by Crippen LogP contribution is 2.31. The van der Waals surface area contributed by atoms with Crippen molar-refractivity contribution in [1.29, 1.82) is 5.26 Å². The van der Waals surface area contributed by atoms with Crippen LogP contribution >= 0.6 is 0 Å². The van der Waals surface area contributed by atoms with E-state index in [4.69, 9.17) is 5.26 Å². The van der Waals surface area contributed by atoms with Gasteiger partial charge in [0.2, 0.25) is 0 Å². The van der Waals surface area contributed by atoms with Crippen LogP contribution in [0.4, 0.5) is 18.9 Å². The van der Waals surface area contributed by atoms with E-state index < -0.39 is 36.4 Å². The molecule has 212 valence electrons. The summed E-state index contributed by atoms with van der Waals surface area (Å²) >= 11 is 0. The summed E-state index contributed by atoms with van der Waals surface area (Å²) in [6.45, 7) is 2.20. The Balaban J connectivity index is 1.58. The van der Waals surface area contributed by atoms with Crippen LogP contribution in [0.15, 0.2) is 30.7 Å². The Morgan fingerprint density at radius 3 is 2.52 bits per heavy atom. The number of pyridine rings is 2. The van der Waals surface area contributed by atoms with Gasteiger partial charge in [-0.1, -0.05) is 0 Å². The summed E-state index contributed by atoms with van der Waals surface area (Å²) in [5.41, 5.74) is -0.286. The lowest BCUT2D eigenvalue weighted by molar-refractivity contribution is -0.130. The highest BCUT2D eigenvalue weighted by molar-refractivity contribution is 5.99. The Hall–Kier alpha value is -4.05. The van der Waals surface area contributed by atoms with Crippen LogP contribution in [-0.4, -0.2) is 67.3 Å². The molecule has 0 radical (unpaired) electrons. The predicted molar refractivity (Wildman–Crippen MR) is 140 cm³/mol. The van der Waals surface area contributed by atoms with Crippen LogP contribution in [0.3, 0.4) is 0 Å². The van der Waals surface area contributed by atoms with Crippen molar-refractivity contribution >= 4 is 28.4 Å². The summed E-state index contributed by atoms with van der Waals surface area (Å²) in [5, 5.41) is 29.8. The third-order valence-corrected chi connectivity index (χ3v) is 7.04. The summed E-state index contributed by atoms with van der Waals surface area (Å²) < 4.78 is 41.1. The number of fused-ring (bicyclic) bond motifs is 1. The first-order chi connectivity index (χ1) is 19.0. The largest absolute Gasteiger partial charge is 0.387 e. The number of hydrogen-bond acceptors (Lipinski definition) is 8. The van der Waals surface area contributed by atoms with Crippen molar-refractivity contribution in [3.8, 4) is 11.9 Å². The zero-order valence-corrected chi connectivity index (χ0v) is 22.1. The average Bonchev–Trinajstić information content (AvgIpc) is 3.35. The van der Waals surface area contributed by atoms with E-state index in [9.17, 15) is 27.9 Å². The minimum atomic E-state index is -2.97. The summed E-state index contributed by atoms with van der Waals surface area (Å²) in [6, 6.07) is 5.15. The van der Waals surface area contributed by atoms with Gasteiger partial charge < -0.3 is 15.7 Å². The van der Waals surface area contributed by atoms with E-state index in [1.165, 1.54) is 30.9 Å². The topological polar surface area (TPSA) is 146 Å². The van der Waals surface area contributed by atoms with Crippen LogP contribution in [0.25, 0.3) is 16.9 Å². The normalized spacial score (nSPS) is 18.4. The summed E-state index contributed by atoms with van der Waals surface area (Å²) in [4.78, 5) is 33.2. The molecule has 1 aliphatic rings. The molecule has 1 fully saturated rings. The molecular formula is C27H30F3N7O3. The maximum atomic E-state index is 14.3. The first kappa shape index (κ1) is 28.9.